The Balaban J connectivity index is 3.25. The number of carboxylic acid groups (broad SMARTS) is 1. The molecule has 0 aliphatic heterocycles. The molecule has 0 spiro atoms. The van der Waals surface area contributed by atoms with Crippen LogP contribution in [0.25, 0.3) is 0 Å². The average molecular weight is 418 g/mol. The average Bonchev–Trinajstić information content (AvgIpc) is 2.55. The smallest absolute Gasteiger partial charge is 0.430 e. The van der Waals surface area contributed by atoms with Gasteiger partial charge in [0, 0.05) is 5.92 Å². The molecule has 0 unspecified atom stereocenters. The summed E-state index contributed by atoms with van der Waals surface area (Å²) in [5, 5.41) is 10.5. The number of hydroxylamine groups is 2. The first-order valence-corrected chi connectivity index (χ1v) is 12.0. The number of allylic oxidation sites excluding steroid dienone is 1. The third kappa shape index (κ3) is 5.85. The molecule has 1 amide bonds. The minimum atomic E-state index is -4.42. The monoisotopic (exact) mass is 417 g/mol. The van der Waals surface area contributed by atoms with E-state index in [-0.39, 0.29) is 5.04 Å². The molecule has 0 aromatic heterocycles. The highest BCUT2D eigenvalue weighted by Crippen LogP contribution is 2.39. The number of amides is 1. The molecular weight excluding hydrogens is 387 g/mol. The van der Waals surface area contributed by atoms with E-state index in [0.29, 0.717) is 5.56 Å². The van der Waals surface area contributed by atoms with Crippen LogP contribution in [0.4, 0.5) is 18.0 Å². The van der Waals surface area contributed by atoms with Gasteiger partial charge in [-0.05, 0) is 49.7 Å². The Labute approximate surface area is 166 Å². The summed E-state index contributed by atoms with van der Waals surface area (Å²) in [6.45, 7) is 13.4. The van der Waals surface area contributed by atoms with Gasteiger partial charge in [-0.1, -0.05) is 45.1 Å². The maximum Gasteiger partial charge on any atom is 0.430 e. The number of alkyl halides is 3. The molecule has 0 heterocycles. The number of nitrogens with zero attached hydrogens (tertiary/aromatic N) is 1. The van der Waals surface area contributed by atoms with Crippen LogP contribution in [0, 0.1) is 0 Å². The van der Waals surface area contributed by atoms with Crippen LogP contribution in [0.15, 0.2) is 36.4 Å². The highest BCUT2D eigenvalue weighted by atomic mass is 28.4. The third-order valence-electron chi connectivity index (χ3n) is 5.23. The van der Waals surface area contributed by atoms with Crippen LogP contribution in [0.3, 0.4) is 0 Å². The number of hydrogen-bond donors (Lipinski definition) is 1. The van der Waals surface area contributed by atoms with Crippen molar-refractivity contribution in [2.45, 2.75) is 70.9 Å². The van der Waals surface area contributed by atoms with Crippen molar-refractivity contribution in [3.05, 3.63) is 47.5 Å². The van der Waals surface area contributed by atoms with Gasteiger partial charge in [0.15, 0.2) is 0 Å². The van der Waals surface area contributed by atoms with E-state index >= 15 is 0 Å². The summed E-state index contributed by atoms with van der Waals surface area (Å²) in [5.74, 6) is -0.451. The van der Waals surface area contributed by atoms with E-state index in [4.69, 9.17) is 4.53 Å². The summed E-state index contributed by atoms with van der Waals surface area (Å²) in [6.07, 6.45) is -2.11. The van der Waals surface area contributed by atoms with Gasteiger partial charge in [0.1, 0.15) is 0 Å². The fourth-order valence-corrected chi connectivity index (χ4v) is 3.49. The summed E-state index contributed by atoms with van der Waals surface area (Å²) in [7, 11) is -2.42. The lowest BCUT2D eigenvalue weighted by Crippen LogP contribution is -2.52. The minimum absolute atomic E-state index is 0.204. The fraction of sp³-hybridized carbons (Fsp3) is 0.550. The van der Waals surface area contributed by atoms with Crippen LogP contribution in [-0.2, 0) is 10.7 Å². The van der Waals surface area contributed by atoms with Gasteiger partial charge in [0.25, 0.3) is 0 Å². The Morgan fingerprint density at radius 1 is 1.18 bits per heavy atom. The lowest BCUT2D eigenvalue weighted by molar-refractivity contribution is -0.137. The second-order valence-electron chi connectivity index (χ2n) is 8.37. The van der Waals surface area contributed by atoms with E-state index in [1.165, 1.54) is 12.1 Å². The Kier molecular flexibility index (Phi) is 7.52. The molecule has 0 saturated heterocycles. The van der Waals surface area contributed by atoms with E-state index in [9.17, 15) is 23.1 Å². The number of carbonyl (C=O) groups is 1. The summed E-state index contributed by atoms with van der Waals surface area (Å²) < 4.78 is 44.5. The number of halogens is 3. The van der Waals surface area contributed by atoms with E-state index in [2.05, 4.69) is 0 Å². The predicted octanol–water partition coefficient (Wildman–Crippen LogP) is 6.67. The Bertz CT molecular complexity index is 694. The van der Waals surface area contributed by atoms with Crippen LogP contribution in [0.1, 0.15) is 51.7 Å². The molecule has 28 heavy (non-hydrogen) atoms. The summed E-state index contributed by atoms with van der Waals surface area (Å²) in [4.78, 5) is 11.9. The maximum atomic E-state index is 12.8. The minimum Gasteiger partial charge on any atom is -0.463 e. The Morgan fingerprint density at radius 2 is 1.68 bits per heavy atom. The lowest BCUT2D eigenvalue weighted by Gasteiger charge is -2.41. The molecule has 8 heteroatoms. The maximum absolute atomic E-state index is 12.8. The first-order chi connectivity index (χ1) is 12.6. The fourth-order valence-electron chi connectivity index (χ4n) is 2.48. The number of rotatable bonds is 6. The van der Waals surface area contributed by atoms with Gasteiger partial charge in [-0.15, -0.1) is 0 Å². The summed E-state index contributed by atoms with van der Waals surface area (Å²) in [5.41, 5.74) is -0.153. The molecule has 4 nitrogen and oxygen atoms in total. The lowest BCUT2D eigenvalue weighted by atomic mass is 9.91. The van der Waals surface area contributed by atoms with Crippen molar-refractivity contribution >= 4 is 14.4 Å². The van der Waals surface area contributed by atoms with Crippen molar-refractivity contribution in [1.29, 1.82) is 0 Å². The highest BCUT2D eigenvalue weighted by molar-refractivity contribution is 6.74. The van der Waals surface area contributed by atoms with Gasteiger partial charge >= 0.3 is 12.3 Å². The van der Waals surface area contributed by atoms with Crippen LogP contribution >= 0.6 is 0 Å². The normalized spacial score (nSPS) is 15.5. The molecule has 0 radical (unpaired) electrons. The van der Waals surface area contributed by atoms with Crippen molar-refractivity contribution in [3.63, 3.8) is 0 Å². The Morgan fingerprint density at radius 3 is 2.04 bits per heavy atom. The second-order valence-corrected chi connectivity index (χ2v) is 13.1. The van der Waals surface area contributed by atoms with Gasteiger partial charge in [-0.3, -0.25) is 0 Å². The van der Waals surface area contributed by atoms with Gasteiger partial charge < -0.3 is 9.63 Å². The molecule has 1 aromatic rings. The molecule has 0 bridgehead atoms. The molecule has 0 saturated carbocycles. The van der Waals surface area contributed by atoms with Crippen LogP contribution < -0.4 is 0 Å². The first kappa shape index (κ1) is 24.2. The molecule has 158 valence electrons. The van der Waals surface area contributed by atoms with Crippen molar-refractivity contribution in [1.82, 2.24) is 5.06 Å². The SMILES string of the molecule is C/C=C/[C@H](c1ccc(C(F)(F)F)cc1)[C@@H](C)N(O[Si](C)(C)C(C)(C)C)C(=O)O. The molecule has 0 fully saturated rings. The molecule has 1 rings (SSSR count). The summed E-state index contributed by atoms with van der Waals surface area (Å²) >= 11 is 0. The molecule has 0 aliphatic carbocycles. The first-order valence-electron chi connectivity index (χ1n) is 9.13. The predicted molar refractivity (Wildman–Crippen MR) is 107 cm³/mol. The second kappa shape index (κ2) is 8.69. The van der Waals surface area contributed by atoms with Crippen molar-refractivity contribution in [2.75, 3.05) is 0 Å². The van der Waals surface area contributed by atoms with Crippen molar-refractivity contribution < 1.29 is 27.6 Å². The zero-order valence-corrected chi connectivity index (χ0v) is 18.5. The van der Waals surface area contributed by atoms with Gasteiger partial charge in [0.05, 0.1) is 11.6 Å². The molecule has 1 N–H and O–H groups in total. The standard InChI is InChI=1S/C20H30F3NO3Si/c1-8-9-17(15-10-12-16(13-11-15)20(21,22)23)14(2)24(18(25)26)27-28(6,7)19(3,4)5/h8-14,17H,1-7H3,(H,25,26)/b9-8+/t14-,17+/m1/s1. The van der Waals surface area contributed by atoms with Crippen LogP contribution in [0.2, 0.25) is 18.1 Å². The van der Waals surface area contributed by atoms with E-state index in [1.54, 1.807) is 26.0 Å². The van der Waals surface area contributed by atoms with Gasteiger partial charge in [0.2, 0.25) is 8.32 Å². The van der Waals surface area contributed by atoms with E-state index in [1.807, 2.05) is 33.9 Å². The zero-order chi connectivity index (χ0) is 21.9. The van der Waals surface area contributed by atoms with E-state index < -0.39 is 38.1 Å². The molecule has 0 aliphatic rings. The van der Waals surface area contributed by atoms with Crippen LogP contribution in [-0.4, -0.2) is 30.6 Å². The van der Waals surface area contributed by atoms with Crippen molar-refractivity contribution in [3.8, 4) is 0 Å². The zero-order valence-electron chi connectivity index (χ0n) is 17.5. The highest BCUT2D eigenvalue weighted by Gasteiger charge is 2.43. The molecule has 1 aromatic carbocycles. The van der Waals surface area contributed by atoms with Crippen molar-refractivity contribution in [2.24, 2.45) is 0 Å². The topological polar surface area (TPSA) is 49.8 Å². The van der Waals surface area contributed by atoms with Crippen LogP contribution in [0.5, 0.6) is 0 Å². The quantitative estimate of drug-likeness (QED) is 0.319. The third-order valence-corrected chi connectivity index (χ3v) is 9.50. The molecule has 2 atom stereocenters. The van der Waals surface area contributed by atoms with Gasteiger partial charge in [-0.25, -0.2) is 4.79 Å². The largest absolute Gasteiger partial charge is 0.463 e. The van der Waals surface area contributed by atoms with Gasteiger partial charge in [-0.2, -0.15) is 18.2 Å². The number of hydrogen-bond acceptors (Lipinski definition) is 2. The van der Waals surface area contributed by atoms with E-state index in [0.717, 1.165) is 17.2 Å². The summed E-state index contributed by atoms with van der Waals surface area (Å²) in [6, 6.07) is 4.17. The number of benzene rings is 1. The Hall–Kier alpha value is -1.80. The molecular formula is C20H30F3NO3Si.